The van der Waals surface area contributed by atoms with Gasteiger partial charge in [0.1, 0.15) is 0 Å². The minimum Gasteiger partial charge on any atom is -0.490 e. The molecule has 0 fully saturated rings. The monoisotopic (exact) mass is 414 g/mol. The molecule has 0 aliphatic rings. The molecule has 1 aromatic rings. The van der Waals surface area contributed by atoms with Gasteiger partial charge in [0.15, 0.2) is 11.5 Å². The van der Waals surface area contributed by atoms with E-state index in [1.165, 1.54) is 77.0 Å². The topological polar surface area (TPSA) is 18.5 Å². The summed E-state index contributed by atoms with van der Waals surface area (Å²) in [4.78, 5) is 0. The lowest BCUT2D eigenvalue weighted by atomic mass is 10.1. The summed E-state index contributed by atoms with van der Waals surface area (Å²) in [6.07, 6.45) is 21.7. The van der Waals surface area contributed by atoms with E-state index in [9.17, 15) is 0 Å². The van der Waals surface area contributed by atoms with Crippen molar-refractivity contribution in [2.45, 2.75) is 104 Å². The van der Waals surface area contributed by atoms with Gasteiger partial charge < -0.3 is 9.47 Å². The lowest BCUT2D eigenvalue weighted by molar-refractivity contribution is 0.258. The lowest BCUT2D eigenvalue weighted by Crippen LogP contribution is -2.05. The second-order valence-electron chi connectivity index (χ2n) is 8.24. The second-order valence-corrected chi connectivity index (χ2v) is 8.24. The molecule has 2 nitrogen and oxygen atoms in total. The summed E-state index contributed by atoms with van der Waals surface area (Å²) in [7, 11) is 0. The minimum absolute atomic E-state index is 0.725. The van der Waals surface area contributed by atoms with Gasteiger partial charge in [0.25, 0.3) is 0 Å². The van der Waals surface area contributed by atoms with Crippen LogP contribution in [0.3, 0.4) is 0 Å². The summed E-state index contributed by atoms with van der Waals surface area (Å²) in [5.74, 6) is 1.67. The highest BCUT2D eigenvalue weighted by Gasteiger charge is 2.13. The minimum atomic E-state index is 0.725. The molecule has 0 amide bonds. The van der Waals surface area contributed by atoms with Crippen molar-refractivity contribution < 1.29 is 9.47 Å². The Labute approximate surface area is 186 Å². The van der Waals surface area contributed by atoms with Gasteiger partial charge in [-0.25, -0.2) is 0 Å². The van der Waals surface area contributed by atoms with E-state index in [0.29, 0.717) is 0 Å². The number of benzene rings is 1. The molecule has 0 spiro atoms. The van der Waals surface area contributed by atoms with Crippen molar-refractivity contribution in [3.63, 3.8) is 0 Å². The molecule has 1 aromatic carbocycles. The van der Waals surface area contributed by atoms with Gasteiger partial charge in [0, 0.05) is 5.56 Å². The summed E-state index contributed by atoms with van der Waals surface area (Å²) in [6.45, 7) is 13.9. The molecule has 2 heteroatoms. The number of hydrogen-bond donors (Lipinski definition) is 0. The van der Waals surface area contributed by atoms with E-state index in [0.717, 1.165) is 48.7 Å². The lowest BCUT2D eigenvalue weighted by Gasteiger charge is -2.17. The zero-order chi connectivity index (χ0) is 21.9. The fourth-order valence-electron chi connectivity index (χ4n) is 3.72. The molecule has 0 radical (unpaired) electrons. The van der Waals surface area contributed by atoms with Crippen LogP contribution < -0.4 is 9.47 Å². The van der Waals surface area contributed by atoms with Crippen molar-refractivity contribution in [3.05, 3.63) is 36.4 Å². The molecule has 0 aromatic heterocycles. The van der Waals surface area contributed by atoms with E-state index in [1.54, 1.807) is 0 Å². The van der Waals surface area contributed by atoms with Crippen molar-refractivity contribution in [1.29, 1.82) is 0 Å². The van der Waals surface area contributed by atoms with E-state index >= 15 is 0 Å². The van der Waals surface area contributed by atoms with Gasteiger partial charge in [0.2, 0.25) is 0 Å². The van der Waals surface area contributed by atoms with Gasteiger partial charge in [-0.1, -0.05) is 122 Å². The molecule has 0 saturated carbocycles. The number of rotatable bonds is 20. The van der Waals surface area contributed by atoms with Crippen LogP contribution in [-0.4, -0.2) is 13.2 Å². The molecule has 0 saturated heterocycles. The smallest absolute Gasteiger partial charge is 0.168 e. The van der Waals surface area contributed by atoms with Crippen molar-refractivity contribution in [1.82, 2.24) is 0 Å². The Bertz CT molecular complexity index is 576. The Hall–Kier alpha value is -1.70. The zero-order valence-electron chi connectivity index (χ0n) is 19.9. The first-order valence-corrected chi connectivity index (χ1v) is 12.5. The van der Waals surface area contributed by atoms with Crippen molar-refractivity contribution >= 4 is 12.2 Å². The van der Waals surface area contributed by atoms with Gasteiger partial charge in [-0.3, -0.25) is 0 Å². The fraction of sp³-hybridized carbons (Fsp3) is 0.643. The summed E-state index contributed by atoms with van der Waals surface area (Å²) in [6, 6.07) is 4.07. The van der Waals surface area contributed by atoms with Gasteiger partial charge in [-0.05, 0) is 24.5 Å². The van der Waals surface area contributed by atoms with Crippen LogP contribution in [0.1, 0.15) is 115 Å². The van der Waals surface area contributed by atoms with Crippen LogP contribution in [-0.2, 0) is 0 Å². The largest absolute Gasteiger partial charge is 0.490 e. The third-order valence-corrected chi connectivity index (χ3v) is 5.62. The average molecular weight is 415 g/mol. The third-order valence-electron chi connectivity index (χ3n) is 5.62. The highest BCUT2D eigenvalue weighted by atomic mass is 16.5. The van der Waals surface area contributed by atoms with E-state index < -0.39 is 0 Å². The predicted molar refractivity (Wildman–Crippen MR) is 134 cm³/mol. The Kier molecular flexibility index (Phi) is 15.9. The van der Waals surface area contributed by atoms with Gasteiger partial charge >= 0.3 is 0 Å². The molecule has 170 valence electrons. The molecule has 0 aliphatic heterocycles. The molecule has 0 unspecified atom stereocenters. The molecule has 30 heavy (non-hydrogen) atoms. The Morgan fingerprint density at radius 2 is 1.13 bits per heavy atom. The summed E-state index contributed by atoms with van der Waals surface area (Å²) in [5.41, 5.74) is 2.04. The predicted octanol–water partition coefficient (Wildman–Crippen LogP) is 9.23. The van der Waals surface area contributed by atoms with Crippen LogP contribution in [0.4, 0.5) is 0 Å². The standard InChI is InChI=1S/C28H46O2/c1-5-9-11-13-15-17-19-23-29-27-22-21-25(7-3)26(8-4)28(27)30-24-20-18-16-14-12-10-6-2/h7-8,21-22H,3-6,9-20,23-24H2,1-2H3. The van der Waals surface area contributed by atoms with E-state index in [2.05, 4.69) is 27.0 Å². The highest BCUT2D eigenvalue weighted by molar-refractivity contribution is 5.72. The number of unbranched alkanes of at least 4 members (excludes halogenated alkanes) is 12. The number of ether oxygens (including phenoxy) is 2. The van der Waals surface area contributed by atoms with E-state index in [1.807, 2.05) is 24.3 Å². The Morgan fingerprint density at radius 3 is 1.63 bits per heavy atom. The molecular weight excluding hydrogens is 368 g/mol. The molecule has 0 atom stereocenters. The molecule has 1 rings (SSSR count). The second kappa shape index (κ2) is 18.1. The van der Waals surface area contributed by atoms with Crippen molar-refractivity contribution in [2.24, 2.45) is 0 Å². The third kappa shape index (κ3) is 10.9. The van der Waals surface area contributed by atoms with Crippen LogP contribution >= 0.6 is 0 Å². The van der Waals surface area contributed by atoms with Crippen LogP contribution in [0, 0.1) is 0 Å². The maximum atomic E-state index is 6.21. The molecule has 0 aliphatic carbocycles. The fourth-order valence-corrected chi connectivity index (χ4v) is 3.72. The first kappa shape index (κ1) is 26.3. The van der Waals surface area contributed by atoms with Crippen molar-refractivity contribution in [2.75, 3.05) is 13.2 Å². The van der Waals surface area contributed by atoms with Crippen LogP contribution in [0.25, 0.3) is 12.2 Å². The summed E-state index contributed by atoms with van der Waals surface area (Å²) in [5, 5.41) is 0. The molecule has 0 heterocycles. The van der Waals surface area contributed by atoms with Gasteiger partial charge in [-0.15, -0.1) is 0 Å². The summed E-state index contributed by atoms with van der Waals surface area (Å²) < 4.78 is 12.3. The maximum absolute atomic E-state index is 6.21. The van der Waals surface area contributed by atoms with E-state index in [4.69, 9.17) is 9.47 Å². The van der Waals surface area contributed by atoms with E-state index in [-0.39, 0.29) is 0 Å². The normalized spacial score (nSPS) is 10.7. The van der Waals surface area contributed by atoms with Gasteiger partial charge in [-0.2, -0.15) is 0 Å². The van der Waals surface area contributed by atoms with Crippen LogP contribution in [0.5, 0.6) is 11.5 Å². The molecule has 0 bridgehead atoms. The molecular formula is C28H46O2. The van der Waals surface area contributed by atoms with Crippen LogP contribution in [0.15, 0.2) is 25.3 Å². The van der Waals surface area contributed by atoms with Crippen molar-refractivity contribution in [3.8, 4) is 11.5 Å². The quantitative estimate of drug-likeness (QED) is 0.198. The van der Waals surface area contributed by atoms with Crippen LogP contribution in [0.2, 0.25) is 0 Å². The maximum Gasteiger partial charge on any atom is 0.168 e. The summed E-state index contributed by atoms with van der Waals surface area (Å²) >= 11 is 0. The average Bonchev–Trinajstić information content (AvgIpc) is 2.77. The first-order valence-electron chi connectivity index (χ1n) is 12.5. The molecule has 0 N–H and O–H groups in total. The highest BCUT2D eigenvalue weighted by Crippen LogP contribution is 2.35. The number of hydrogen-bond acceptors (Lipinski definition) is 2. The zero-order valence-corrected chi connectivity index (χ0v) is 19.9. The first-order chi connectivity index (χ1) is 14.8. The van der Waals surface area contributed by atoms with Gasteiger partial charge in [0.05, 0.1) is 13.2 Å². The Balaban J connectivity index is 2.49. The Morgan fingerprint density at radius 1 is 0.633 bits per heavy atom. The SMILES string of the molecule is C=Cc1ccc(OCCCCCCCCC)c(OCCCCCCCCC)c1C=C.